The molecule has 0 aliphatic heterocycles. The first-order chi connectivity index (χ1) is 18.6. The van der Waals surface area contributed by atoms with Crippen LogP contribution in [0.15, 0.2) is 53.2 Å². The molecule has 2 bridgehead atoms. The number of carbonyl (C=O) groups excluding carboxylic acids is 1. The van der Waals surface area contributed by atoms with Gasteiger partial charge in [-0.05, 0) is 49.8 Å². The van der Waals surface area contributed by atoms with Crippen molar-refractivity contribution >= 4 is 22.3 Å². The Bertz CT molecular complexity index is 1650. The van der Waals surface area contributed by atoms with Crippen LogP contribution in [0.2, 0.25) is 0 Å². The summed E-state index contributed by atoms with van der Waals surface area (Å²) in [5.74, 6) is 2.12. The molecular formula is C27H25N7O4. The molecule has 0 atom stereocenters. The van der Waals surface area contributed by atoms with E-state index in [0.29, 0.717) is 46.7 Å². The predicted octanol–water partition coefficient (Wildman–Crippen LogP) is 3.73. The predicted molar refractivity (Wildman–Crippen MR) is 135 cm³/mol. The lowest BCUT2D eigenvalue weighted by atomic mass is 9.77. The van der Waals surface area contributed by atoms with E-state index in [9.17, 15) is 4.79 Å². The van der Waals surface area contributed by atoms with E-state index in [1.807, 2.05) is 30.3 Å². The number of carbonyl (C=O) groups is 1. The van der Waals surface area contributed by atoms with Gasteiger partial charge in [0.25, 0.3) is 5.91 Å². The number of amides is 1. The molecule has 4 aromatic heterocycles. The lowest BCUT2D eigenvalue weighted by Crippen LogP contribution is -2.51. The molecule has 0 saturated heterocycles. The van der Waals surface area contributed by atoms with Crippen molar-refractivity contribution in [2.75, 3.05) is 7.11 Å². The molecule has 192 valence electrons. The number of benzene rings is 1. The maximum Gasteiger partial charge on any atom is 0.253 e. The van der Waals surface area contributed by atoms with E-state index in [1.165, 1.54) is 6.42 Å². The minimum Gasteiger partial charge on any atom is -0.470 e. The summed E-state index contributed by atoms with van der Waals surface area (Å²) in [7, 11) is 1.58. The zero-order valence-electron chi connectivity index (χ0n) is 20.8. The maximum absolute atomic E-state index is 12.7. The van der Waals surface area contributed by atoms with Crippen LogP contribution < -0.4 is 10.1 Å². The Kier molecular flexibility index (Phi) is 5.32. The fraction of sp³-hybridized carbons (Fsp3) is 0.333. The van der Waals surface area contributed by atoms with Gasteiger partial charge in [-0.15, -0.1) is 15.3 Å². The zero-order valence-corrected chi connectivity index (χ0v) is 20.8. The average Bonchev–Trinajstić information content (AvgIpc) is 3.71. The van der Waals surface area contributed by atoms with E-state index in [-0.39, 0.29) is 18.1 Å². The Morgan fingerprint density at radius 2 is 2.03 bits per heavy atom. The van der Waals surface area contributed by atoms with Crippen molar-refractivity contribution < 1.29 is 18.8 Å². The van der Waals surface area contributed by atoms with Crippen LogP contribution in [0.5, 0.6) is 5.88 Å². The molecule has 3 aliphatic rings. The van der Waals surface area contributed by atoms with Crippen molar-refractivity contribution in [3.63, 3.8) is 0 Å². The van der Waals surface area contributed by atoms with Gasteiger partial charge in [0.2, 0.25) is 11.7 Å². The van der Waals surface area contributed by atoms with Crippen LogP contribution in [0.3, 0.4) is 0 Å². The summed E-state index contributed by atoms with van der Waals surface area (Å²) >= 11 is 0. The summed E-state index contributed by atoms with van der Waals surface area (Å²) in [6.45, 7) is 0.471. The Hall–Kier alpha value is -4.38. The average molecular weight is 512 g/mol. The summed E-state index contributed by atoms with van der Waals surface area (Å²) in [6.07, 6.45) is 6.09. The first-order valence-corrected chi connectivity index (χ1v) is 12.6. The number of aromatic nitrogens is 6. The number of pyridine rings is 1. The quantitative estimate of drug-likeness (QED) is 0.331. The molecule has 0 unspecified atom stereocenters. The van der Waals surface area contributed by atoms with Crippen LogP contribution in [-0.4, -0.2) is 48.5 Å². The van der Waals surface area contributed by atoms with Gasteiger partial charge in [-0.1, -0.05) is 23.4 Å². The van der Waals surface area contributed by atoms with Gasteiger partial charge in [-0.25, -0.2) is 0 Å². The van der Waals surface area contributed by atoms with Gasteiger partial charge < -0.3 is 19.3 Å². The van der Waals surface area contributed by atoms with E-state index in [2.05, 4.69) is 30.8 Å². The van der Waals surface area contributed by atoms with E-state index >= 15 is 0 Å². The Morgan fingerprint density at radius 1 is 1.16 bits per heavy atom. The summed E-state index contributed by atoms with van der Waals surface area (Å²) < 4.78 is 18.2. The smallest absolute Gasteiger partial charge is 0.253 e. The molecule has 11 heteroatoms. The largest absolute Gasteiger partial charge is 0.470 e. The minimum atomic E-state index is -0.0647. The molecular weight excluding hydrogens is 486 g/mol. The number of rotatable bonds is 8. The van der Waals surface area contributed by atoms with E-state index < -0.39 is 0 Å². The summed E-state index contributed by atoms with van der Waals surface area (Å²) in [6, 6.07) is 13.0. The van der Waals surface area contributed by atoms with Crippen LogP contribution in [-0.2, 0) is 18.0 Å². The standard InChI is InChI=1S/C27H25N7O4/c1-36-15-19-10-22(33-38-19)24-31-30-23-20-4-2-3-5-21(20)26(32-34(23)24)37-14-18-7-6-17(13-28-18)25(35)29-27-9-8-16(11-27)12-27/h2-7,10,13,16H,8-9,11-12,14-15H2,1H3,(H,29,35). The van der Waals surface area contributed by atoms with E-state index in [0.717, 1.165) is 36.0 Å². The van der Waals surface area contributed by atoms with Crippen LogP contribution in [0.1, 0.15) is 47.5 Å². The van der Waals surface area contributed by atoms with Crippen molar-refractivity contribution in [3.8, 4) is 17.4 Å². The number of nitrogens with one attached hydrogen (secondary N) is 1. The Morgan fingerprint density at radius 3 is 2.79 bits per heavy atom. The second-order valence-corrected chi connectivity index (χ2v) is 10.1. The Labute approximate surface area is 217 Å². The fourth-order valence-corrected chi connectivity index (χ4v) is 5.64. The van der Waals surface area contributed by atoms with Gasteiger partial charge in [-0.3, -0.25) is 9.78 Å². The number of hydrogen-bond acceptors (Lipinski definition) is 9. The van der Waals surface area contributed by atoms with Gasteiger partial charge in [0.1, 0.15) is 13.2 Å². The lowest BCUT2D eigenvalue weighted by molar-refractivity contribution is 0.0840. The molecule has 1 amide bonds. The summed E-state index contributed by atoms with van der Waals surface area (Å²) in [4.78, 5) is 17.2. The van der Waals surface area contributed by atoms with E-state index in [1.54, 1.807) is 30.0 Å². The van der Waals surface area contributed by atoms with Crippen LogP contribution in [0, 0.1) is 5.92 Å². The van der Waals surface area contributed by atoms with E-state index in [4.69, 9.17) is 14.0 Å². The molecule has 5 aromatic rings. The molecule has 3 aliphatic carbocycles. The molecule has 11 nitrogen and oxygen atoms in total. The van der Waals surface area contributed by atoms with Gasteiger partial charge >= 0.3 is 0 Å². The molecule has 3 fully saturated rings. The number of methoxy groups -OCH3 is 1. The van der Waals surface area contributed by atoms with Crippen molar-refractivity contribution in [1.29, 1.82) is 0 Å². The topological polar surface area (TPSA) is 130 Å². The lowest BCUT2D eigenvalue weighted by Gasteiger charge is -2.39. The molecule has 1 N–H and O–H groups in total. The number of hydrogen-bond donors (Lipinski definition) is 1. The van der Waals surface area contributed by atoms with Gasteiger partial charge in [0.05, 0.1) is 11.3 Å². The van der Waals surface area contributed by atoms with Crippen LogP contribution >= 0.6 is 0 Å². The summed E-state index contributed by atoms with van der Waals surface area (Å²) in [5.41, 5.74) is 2.31. The highest BCUT2D eigenvalue weighted by Crippen LogP contribution is 2.51. The van der Waals surface area contributed by atoms with Crippen molar-refractivity contribution in [1.82, 2.24) is 35.3 Å². The minimum absolute atomic E-state index is 0.00720. The van der Waals surface area contributed by atoms with Crippen LogP contribution in [0.25, 0.3) is 27.9 Å². The Balaban J connectivity index is 1.14. The van der Waals surface area contributed by atoms with Crippen LogP contribution in [0.4, 0.5) is 0 Å². The molecule has 3 saturated carbocycles. The zero-order chi connectivity index (χ0) is 25.7. The first kappa shape index (κ1) is 22.8. The molecule has 1 aromatic carbocycles. The summed E-state index contributed by atoms with van der Waals surface area (Å²) in [5, 5.41) is 22.3. The van der Waals surface area contributed by atoms with Crippen molar-refractivity contribution in [3.05, 3.63) is 65.7 Å². The number of fused-ring (bicyclic) bond motifs is 4. The molecule has 38 heavy (non-hydrogen) atoms. The SMILES string of the molecule is COCc1cc(-c2nnc3c4ccccc4c(OCc4ccc(C(=O)NC56CCC(C5)C6)cn4)nn23)no1. The highest BCUT2D eigenvalue weighted by atomic mass is 16.5. The van der Waals surface area contributed by atoms with Gasteiger partial charge in [0, 0.05) is 35.7 Å². The third-order valence-electron chi connectivity index (χ3n) is 7.52. The highest BCUT2D eigenvalue weighted by Gasteiger charge is 2.51. The first-order valence-electron chi connectivity index (χ1n) is 12.6. The second kappa shape index (κ2) is 8.88. The molecule has 0 radical (unpaired) electrons. The fourth-order valence-electron chi connectivity index (χ4n) is 5.64. The van der Waals surface area contributed by atoms with Gasteiger partial charge in [-0.2, -0.15) is 4.52 Å². The molecule has 8 rings (SSSR count). The van der Waals surface area contributed by atoms with Crippen molar-refractivity contribution in [2.45, 2.75) is 44.4 Å². The number of nitrogens with zero attached hydrogens (tertiary/aromatic N) is 6. The monoisotopic (exact) mass is 511 g/mol. The molecule has 0 spiro atoms. The number of ether oxygens (including phenoxy) is 2. The van der Waals surface area contributed by atoms with Crippen molar-refractivity contribution in [2.24, 2.45) is 5.92 Å². The highest BCUT2D eigenvalue weighted by molar-refractivity contribution is 5.97. The third kappa shape index (κ3) is 3.86. The third-order valence-corrected chi connectivity index (χ3v) is 7.52. The van der Waals surface area contributed by atoms with Gasteiger partial charge in [0.15, 0.2) is 17.1 Å². The molecule has 4 heterocycles. The second-order valence-electron chi connectivity index (χ2n) is 10.1. The maximum atomic E-state index is 12.7. The normalized spacial score (nSPS) is 20.1.